The molecule has 0 aliphatic rings. The van der Waals surface area contributed by atoms with Crippen molar-refractivity contribution in [2.24, 2.45) is 4.74 Å². The molecule has 1 atom stereocenters. The van der Waals surface area contributed by atoms with Gasteiger partial charge in [-0.1, -0.05) is 121 Å². The lowest BCUT2D eigenvalue weighted by molar-refractivity contribution is -0.127. The second kappa shape index (κ2) is 14.3. The van der Waals surface area contributed by atoms with Gasteiger partial charge in [0.15, 0.2) is 0 Å². The van der Waals surface area contributed by atoms with Crippen LogP contribution >= 0.6 is 18.7 Å². The summed E-state index contributed by atoms with van der Waals surface area (Å²) in [5.74, 6) is -0.541. The molecule has 7 heteroatoms. The van der Waals surface area contributed by atoms with Crippen LogP contribution in [-0.4, -0.2) is 28.8 Å². The van der Waals surface area contributed by atoms with Crippen LogP contribution in [-0.2, 0) is 4.79 Å². The molecule has 1 unspecified atom stereocenters. The van der Waals surface area contributed by atoms with Gasteiger partial charge in [-0.3, -0.25) is 14.3 Å². The highest BCUT2D eigenvalue weighted by atomic mass is 35.5. The number of carbonyl (C=O) groups is 2. The predicted octanol–water partition coefficient (Wildman–Crippen LogP) is 8.27. The zero-order chi connectivity index (χ0) is 32.7. The molecule has 5 aromatic carbocycles. The summed E-state index contributed by atoms with van der Waals surface area (Å²) in [7, 11) is -2.66. The molecule has 0 spiro atoms. The molecule has 0 saturated heterocycles. The van der Waals surface area contributed by atoms with E-state index in [1.807, 2.05) is 107 Å². The zero-order valence-electron chi connectivity index (χ0n) is 26.6. The number of nitrogens with zero attached hydrogens (tertiary/aromatic N) is 2. The first-order valence-electron chi connectivity index (χ1n) is 15.4. The van der Waals surface area contributed by atoms with E-state index in [4.69, 9.17) is 16.3 Å². The van der Waals surface area contributed by atoms with Gasteiger partial charge in [-0.05, 0) is 58.0 Å². The van der Waals surface area contributed by atoms with Crippen molar-refractivity contribution in [3.05, 3.63) is 156 Å². The number of rotatable bonds is 9. The standard InChI is InChI=1S/C39H39ClN3O2P/c1-5-43(38(45)29-25-27-30(40)28-26-29)36(37(44)41-39(2,3)4)34-23-15-16-24-35(34)42-46(31-17-9-6-10-18-31,32-19-11-7-12-20-32)33-21-13-8-14-22-33/h6-28,36H,5H2,1-4H3,(H,41,44). The van der Waals surface area contributed by atoms with Crippen LogP contribution in [0.5, 0.6) is 0 Å². The normalized spacial score (nSPS) is 12.2. The summed E-state index contributed by atoms with van der Waals surface area (Å²) in [6.45, 7) is 8.00. The van der Waals surface area contributed by atoms with Gasteiger partial charge < -0.3 is 10.2 Å². The summed E-state index contributed by atoms with van der Waals surface area (Å²) < 4.78 is 5.74. The van der Waals surface area contributed by atoms with E-state index in [0.29, 0.717) is 28.4 Å². The lowest BCUT2D eigenvalue weighted by Crippen LogP contribution is -2.49. The Bertz CT molecular complexity index is 1730. The molecule has 46 heavy (non-hydrogen) atoms. The van der Waals surface area contributed by atoms with Gasteiger partial charge in [-0.25, -0.2) is 0 Å². The summed E-state index contributed by atoms with van der Waals surface area (Å²) in [5, 5.41) is 6.94. The van der Waals surface area contributed by atoms with Crippen molar-refractivity contribution in [2.75, 3.05) is 6.54 Å². The van der Waals surface area contributed by atoms with Gasteiger partial charge in [-0.2, -0.15) is 0 Å². The Labute approximate surface area is 277 Å². The summed E-state index contributed by atoms with van der Waals surface area (Å²) in [6, 6.07) is 44.6. The van der Waals surface area contributed by atoms with Crippen molar-refractivity contribution in [1.82, 2.24) is 10.2 Å². The van der Waals surface area contributed by atoms with Crippen LogP contribution in [0.1, 0.15) is 49.7 Å². The lowest BCUT2D eigenvalue weighted by Gasteiger charge is -2.34. The Morgan fingerprint density at radius 3 is 1.63 bits per heavy atom. The summed E-state index contributed by atoms with van der Waals surface area (Å²) in [5.41, 5.74) is 1.23. The van der Waals surface area contributed by atoms with E-state index in [9.17, 15) is 9.59 Å². The molecular weight excluding hydrogens is 609 g/mol. The lowest BCUT2D eigenvalue weighted by atomic mass is 9.99. The first kappa shape index (κ1) is 32.9. The van der Waals surface area contributed by atoms with Crippen LogP contribution in [0.25, 0.3) is 0 Å². The second-order valence-electron chi connectivity index (χ2n) is 12.0. The number of carbonyl (C=O) groups excluding carboxylic acids is 2. The maximum absolute atomic E-state index is 14.3. The van der Waals surface area contributed by atoms with Crippen LogP contribution in [0.2, 0.25) is 5.02 Å². The molecule has 0 aliphatic carbocycles. The molecule has 5 nitrogen and oxygen atoms in total. The summed E-state index contributed by atoms with van der Waals surface area (Å²) in [6.07, 6.45) is 0. The Hall–Kier alpha value is -4.44. The maximum Gasteiger partial charge on any atom is 0.254 e. The van der Waals surface area contributed by atoms with E-state index in [2.05, 4.69) is 41.7 Å². The average molecular weight is 648 g/mol. The molecule has 5 rings (SSSR count). The van der Waals surface area contributed by atoms with Crippen molar-refractivity contribution in [1.29, 1.82) is 0 Å². The first-order valence-corrected chi connectivity index (χ1v) is 17.5. The largest absolute Gasteiger partial charge is 0.349 e. The Balaban J connectivity index is 1.81. The molecule has 1 N–H and O–H groups in total. The van der Waals surface area contributed by atoms with Crippen LogP contribution in [0.4, 0.5) is 5.69 Å². The molecule has 2 amide bonds. The van der Waals surface area contributed by atoms with Crippen molar-refractivity contribution >= 4 is 52.1 Å². The summed E-state index contributed by atoms with van der Waals surface area (Å²) >= 11 is 6.15. The average Bonchev–Trinajstić information content (AvgIpc) is 3.07. The van der Waals surface area contributed by atoms with Crippen LogP contribution in [0, 0.1) is 0 Å². The molecule has 0 bridgehead atoms. The smallest absolute Gasteiger partial charge is 0.254 e. The molecule has 234 valence electrons. The molecule has 0 saturated carbocycles. The third kappa shape index (κ3) is 7.17. The number of hydrogen-bond acceptors (Lipinski definition) is 3. The van der Waals surface area contributed by atoms with Gasteiger partial charge in [0.2, 0.25) is 5.91 Å². The van der Waals surface area contributed by atoms with E-state index in [-0.39, 0.29) is 11.8 Å². The SMILES string of the molecule is CCN(C(=O)c1ccc(Cl)cc1)C(C(=O)NC(C)(C)C)c1ccccc1N=P(c1ccccc1)(c1ccccc1)c1ccccc1. The first-order chi connectivity index (χ1) is 22.1. The Morgan fingerprint density at radius 2 is 1.17 bits per heavy atom. The van der Waals surface area contributed by atoms with Gasteiger partial charge in [0.1, 0.15) is 6.04 Å². The summed E-state index contributed by atoms with van der Waals surface area (Å²) in [4.78, 5) is 30.0. The number of hydrogen-bond donors (Lipinski definition) is 1. The van der Waals surface area contributed by atoms with E-state index in [1.54, 1.807) is 29.2 Å². The number of benzene rings is 5. The maximum atomic E-state index is 14.3. The van der Waals surface area contributed by atoms with Crippen molar-refractivity contribution in [3.8, 4) is 0 Å². The molecule has 5 aromatic rings. The molecule has 0 aliphatic heterocycles. The van der Waals surface area contributed by atoms with Gasteiger partial charge in [0, 0.05) is 44.1 Å². The fraction of sp³-hybridized carbons (Fsp3) is 0.179. The minimum Gasteiger partial charge on any atom is -0.349 e. The van der Waals surface area contributed by atoms with Gasteiger partial charge in [-0.15, -0.1) is 0 Å². The molecular formula is C39H39ClN3O2P. The third-order valence-corrected chi connectivity index (χ3v) is 11.5. The second-order valence-corrected chi connectivity index (χ2v) is 15.5. The van der Waals surface area contributed by atoms with E-state index in [0.717, 1.165) is 15.9 Å². The van der Waals surface area contributed by atoms with Crippen LogP contribution in [0.3, 0.4) is 0 Å². The zero-order valence-corrected chi connectivity index (χ0v) is 28.2. The van der Waals surface area contributed by atoms with Crippen molar-refractivity contribution < 1.29 is 9.59 Å². The minimum absolute atomic E-state index is 0.265. The number of likely N-dealkylation sites (N-methyl/N-ethyl adjacent to an activating group) is 1. The Morgan fingerprint density at radius 1 is 0.717 bits per heavy atom. The molecule has 0 radical (unpaired) electrons. The fourth-order valence-electron chi connectivity index (χ4n) is 5.61. The van der Waals surface area contributed by atoms with E-state index in [1.165, 1.54) is 0 Å². The van der Waals surface area contributed by atoms with E-state index >= 15 is 0 Å². The van der Waals surface area contributed by atoms with Crippen LogP contribution < -0.4 is 21.2 Å². The highest BCUT2D eigenvalue weighted by Gasteiger charge is 2.35. The van der Waals surface area contributed by atoms with Crippen LogP contribution in [0.15, 0.2) is 144 Å². The van der Waals surface area contributed by atoms with Gasteiger partial charge >= 0.3 is 0 Å². The quantitative estimate of drug-likeness (QED) is 0.164. The third-order valence-electron chi connectivity index (χ3n) is 7.63. The number of halogens is 1. The monoisotopic (exact) mass is 647 g/mol. The Kier molecular flexibility index (Phi) is 10.3. The fourth-order valence-corrected chi connectivity index (χ4v) is 9.30. The molecule has 0 aromatic heterocycles. The van der Waals surface area contributed by atoms with Crippen molar-refractivity contribution in [2.45, 2.75) is 39.3 Å². The minimum atomic E-state index is -2.66. The highest BCUT2D eigenvalue weighted by molar-refractivity contribution is 7.87. The highest BCUT2D eigenvalue weighted by Crippen LogP contribution is 2.50. The molecule has 0 fully saturated rings. The van der Waals surface area contributed by atoms with E-state index < -0.39 is 18.6 Å². The van der Waals surface area contributed by atoms with Gasteiger partial charge in [0.05, 0.1) is 12.7 Å². The predicted molar refractivity (Wildman–Crippen MR) is 192 cm³/mol. The van der Waals surface area contributed by atoms with Crippen molar-refractivity contribution in [3.63, 3.8) is 0 Å². The molecule has 0 heterocycles. The topological polar surface area (TPSA) is 61.8 Å². The van der Waals surface area contributed by atoms with Gasteiger partial charge in [0.25, 0.3) is 5.91 Å². The number of amides is 2. The number of nitrogens with one attached hydrogen (secondary N) is 1.